The average molecular weight is 776 g/mol. The zero-order valence-corrected chi connectivity index (χ0v) is 32.2. The van der Waals surface area contributed by atoms with Crippen molar-refractivity contribution in [2.24, 2.45) is 10.9 Å². The number of fused-ring (bicyclic) bond motifs is 5. The van der Waals surface area contributed by atoms with Crippen molar-refractivity contribution in [3.8, 4) is 22.8 Å². The van der Waals surface area contributed by atoms with Crippen LogP contribution >= 0.6 is 0 Å². The summed E-state index contributed by atoms with van der Waals surface area (Å²) in [4.78, 5) is 42.4. The van der Waals surface area contributed by atoms with Gasteiger partial charge in [0.05, 0.1) is 17.5 Å². The van der Waals surface area contributed by atoms with Crippen molar-refractivity contribution in [1.82, 2.24) is 9.97 Å². The van der Waals surface area contributed by atoms with E-state index in [1.807, 2.05) is 44.3 Å². The number of pyridine rings is 2. The number of anilines is 2. The highest BCUT2D eigenvalue weighted by atomic mass is 16.7. The van der Waals surface area contributed by atoms with Crippen LogP contribution in [0, 0.1) is 12.8 Å². The lowest BCUT2D eigenvalue weighted by molar-refractivity contribution is -0.852. The molecule has 1 aromatic carbocycles. The summed E-state index contributed by atoms with van der Waals surface area (Å²) in [6, 6.07) is 10.6. The van der Waals surface area contributed by atoms with E-state index in [1.54, 1.807) is 19.1 Å². The van der Waals surface area contributed by atoms with E-state index >= 15 is 0 Å². The quantitative estimate of drug-likeness (QED) is 0.121. The Morgan fingerprint density at radius 1 is 1.02 bits per heavy atom. The van der Waals surface area contributed by atoms with E-state index in [2.05, 4.69) is 21.2 Å². The zero-order chi connectivity index (χ0) is 39.8. The first-order chi connectivity index (χ1) is 27.3. The summed E-state index contributed by atoms with van der Waals surface area (Å²) in [6.07, 6.45) is 7.92. The van der Waals surface area contributed by atoms with Crippen molar-refractivity contribution in [2.45, 2.75) is 95.2 Å². The van der Waals surface area contributed by atoms with Crippen molar-refractivity contribution in [3.63, 3.8) is 0 Å². The van der Waals surface area contributed by atoms with Gasteiger partial charge in [-0.1, -0.05) is 0 Å². The molecule has 0 amide bonds. The number of hydrogen-bond donors (Lipinski definition) is 5. The van der Waals surface area contributed by atoms with Crippen molar-refractivity contribution < 1.29 is 38.5 Å². The van der Waals surface area contributed by atoms with E-state index < -0.39 is 35.3 Å². The van der Waals surface area contributed by atoms with Crippen LogP contribution in [0.15, 0.2) is 74.1 Å². The molecule has 0 saturated carbocycles. The number of carbonyl (C=O) groups is 1. The van der Waals surface area contributed by atoms with E-state index in [9.17, 15) is 19.8 Å². The normalized spacial score (nSPS) is 26.8. The Morgan fingerprint density at radius 2 is 1.84 bits per heavy atom. The third-order valence-electron chi connectivity index (χ3n) is 12.1. The van der Waals surface area contributed by atoms with Gasteiger partial charge in [-0.25, -0.2) is 14.8 Å². The molecule has 6 atom stereocenters. The van der Waals surface area contributed by atoms with Gasteiger partial charge >= 0.3 is 5.97 Å². The van der Waals surface area contributed by atoms with Crippen LogP contribution in [-0.4, -0.2) is 68.9 Å². The van der Waals surface area contributed by atoms with Crippen LogP contribution in [0.3, 0.4) is 0 Å². The molecule has 5 aliphatic heterocycles. The fourth-order valence-corrected chi connectivity index (χ4v) is 9.57. The largest absolute Gasteiger partial charge is 0.507 e. The van der Waals surface area contributed by atoms with Crippen molar-refractivity contribution in [1.29, 1.82) is 0 Å². The molecule has 0 radical (unpaired) electrons. The molecule has 57 heavy (non-hydrogen) atoms. The number of esters is 1. The first kappa shape index (κ1) is 37.0. The van der Waals surface area contributed by atoms with Crippen LogP contribution in [0.1, 0.15) is 74.5 Å². The number of phenolic OH excluding ortho intramolecular Hbond substituents is 1. The Hall–Kier alpha value is -5.57. The number of aromatic hydroxyl groups is 1. The maximum absolute atomic E-state index is 14.5. The minimum absolute atomic E-state index is 0.0337. The Labute approximate surface area is 328 Å². The van der Waals surface area contributed by atoms with E-state index in [0.717, 1.165) is 29.1 Å². The molecule has 0 bridgehead atoms. The lowest BCUT2D eigenvalue weighted by Gasteiger charge is -2.46. The van der Waals surface area contributed by atoms with Gasteiger partial charge in [-0.3, -0.25) is 14.7 Å². The van der Waals surface area contributed by atoms with Gasteiger partial charge < -0.3 is 40.3 Å². The molecular formula is C43H47N6O8+. The number of allylic oxidation sites excluding steroid dienone is 1. The minimum Gasteiger partial charge on any atom is -0.507 e. The topological polar surface area (TPSA) is 213 Å². The summed E-state index contributed by atoms with van der Waals surface area (Å²) in [6.45, 7) is 6.82. The fourth-order valence-electron chi connectivity index (χ4n) is 9.57. The zero-order valence-electron chi connectivity index (χ0n) is 32.2. The summed E-state index contributed by atoms with van der Waals surface area (Å²) >= 11 is 0. The van der Waals surface area contributed by atoms with E-state index in [-0.39, 0.29) is 34.7 Å². The summed E-state index contributed by atoms with van der Waals surface area (Å²) in [5.74, 6) is 0.120. The van der Waals surface area contributed by atoms with Crippen molar-refractivity contribution >= 4 is 34.8 Å². The van der Waals surface area contributed by atoms with Gasteiger partial charge in [0.15, 0.2) is 11.0 Å². The van der Waals surface area contributed by atoms with Crippen LogP contribution in [0.5, 0.6) is 11.5 Å². The second-order valence-corrected chi connectivity index (χ2v) is 16.5. The number of rotatable bonds is 9. The van der Waals surface area contributed by atoms with Crippen molar-refractivity contribution in [3.05, 3.63) is 92.7 Å². The highest BCUT2D eigenvalue weighted by Gasteiger charge is 2.69. The molecule has 8 heterocycles. The summed E-state index contributed by atoms with van der Waals surface area (Å²) < 4.78 is 25.1. The molecule has 4 aromatic rings. The molecule has 14 nitrogen and oxygen atoms in total. The number of phenols is 1. The SMILES string of the molecule is Cc1cc(=O)c2c(O)c3c(cc2o1)OC(C)(C)C1OC(=O)C2(OC2CCc2cc(N)nc(-c4cc(N)nc(C[NH+]5C=C6N=CC=C6C5)c4)c2)C(CCCO)CCC31. The molecule has 296 valence electrons. The number of aryl methyl sites for hydroxylation is 2. The smallest absolute Gasteiger partial charge is 0.341 e. The lowest BCUT2D eigenvalue weighted by atomic mass is 9.72. The van der Waals surface area contributed by atoms with Crippen LogP contribution in [0.4, 0.5) is 11.6 Å². The predicted molar refractivity (Wildman–Crippen MR) is 212 cm³/mol. The average Bonchev–Trinajstić information content (AvgIpc) is 3.51. The number of quaternary nitrogens is 1. The molecule has 0 aliphatic carbocycles. The number of nitrogen functional groups attached to an aromatic ring is 2. The second-order valence-electron chi connectivity index (χ2n) is 16.5. The Balaban J connectivity index is 0.957. The van der Waals surface area contributed by atoms with Crippen molar-refractivity contribution in [2.75, 3.05) is 24.6 Å². The Kier molecular flexibility index (Phi) is 8.98. The van der Waals surface area contributed by atoms with Gasteiger partial charge in [-0.2, -0.15) is 0 Å². The Bertz CT molecular complexity index is 2470. The third kappa shape index (κ3) is 6.55. The van der Waals surface area contributed by atoms with E-state index in [1.165, 1.54) is 16.5 Å². The number of hydrogen-bond acceptors (Lipinski definition) is 13. The standard InChI is InChI=1S/C43H46N6O8/c1-22-13-31(51)38-32(54-22)18-33-37(39(38)52)28-8-7-26(5-4-12-50)43(41(53)55-40(28)42(2,3)56-33)34(57-43)9-6-23-14-29(48-35(44)15-23)25-16-27(47-36(45)17-25)20-49-19-24-10-11-46-30(24)21-49/h10-11,13-18,21,26,28,34,40,50,52H,4-9,12,19-20H2,1-3H3,(H2,44,48)(H2,45,47)/p+1. The third-order valence-corrected chi connectivity index (χ3v) is 12.1. The molecule has 9 rings (SSSR count). The first-order valence-electron chi connectivity index (χ1n) is 19.7. The lowest BCUT2D eigenvalue weighted by Crippen LogP contribution is -3.04. The van der Waals surface area contributed by atoms with Crippen LogP contribution in [-0.2, 0) is 27.2 Å². The number of aromatic nitrogens is 2. The van der Waals surface area contributed by atoms with Gasteiger partial charge in [-0.05, 0) is 95.2 Å². The number of epoxide rings is 1. The van der Waals surface area contributed by atoms with Crippen LogP contribution in [0.25, 0.3) is 22.2 Å². The molecule has 7 N–H and O–H groups in total. The highest BCUT2D eigenvalue weighted by Crippen LogP contribution is 2.57. The Morgan fingerprint density at radius 3 is 2.65 bits per heavy atom. The highest BCUT2D eigenvalue weighted by molar-refractivity contribution is 5.88. The van der Waals surface area contributed by atoms with Crippen LogP contribution < -0.4 is 26.5 Å². The number of nitrogens with one attached hydrogen (secondary N) is 1. The maximum atomic E-state index is 14.5. The number of aliphatic imine (C=N–C) groups is 1. The molecule has 2 saturated heterocycles. The second kappa shape index (κ2) is 13.8. The maximum Gasteiger partial charge on any atom is 0.341 e. The molecule has 1 spiro atoms. The van der Waals surface area contributed by atoms with Gasteiger partial charge in [0.2, 0.25) is 0 Å². The van der Waals surface area contributed by atoms with E-state index in [4.69, 9.17) is 30.1 Å². The molecule has 14 heteroatoms. The molecule has 5 aliphatic rings. The van der Waals surface area contributed by atoms with Gasteiger partial charge in [0.25, 0.3) is 0 Å². The number of aliphatic hydroxyl groups excluding tert-OH is 1. The first-order valence-corrected chi connectivity index (χ1v) is 19.7. The van der Waals surface area contributed by atoms with Gasteiger partial charge in [0.1, 0.15) is 76.6 Å². The number of nitrogens with two attached hydrogens (primary N) is 2. The number of nitrogens with zero attached hydrogens (tertiary/aromatic N) is 3. The molecule has 6 unspecified atom stereocenters. The molecule has 2 fully saturated rings. The summed E-state index contributed by atoms with van der Waals surface area (Å²) in [5, 5.41) is 21.5. The fraction of sp³-hybridized carbons (Fsp3) is 0.419. The summed E-state index contributed by atoms with van der Waals surface area (Å²) in [5.41, 5.74) is 16.2. The minimum atomic E-state index is -1.20. The van der Waals surface area contributed by atoms with Crippen LogP contribution in [0.2, 0.25) is 0 Å². The number of carbonyl (C=O) groups excluding carboxylic acids is 1. The summed E-state index contributed by atoms with van der Waals surface area (Å²) in [7, 11) is 0. The number of benzene rings is 1. The van der Waals surface area contributed by atoms with Gasteiger partial charge in [0, 0.05) is 53.5 Å². The monoisotopic (exact) mass is 775 g/mol. The van der Waals surface area contributed by atoms with Gasteiger partial charge in [-0.15, -0.1) is 0 Å². The number of ether oxygens (including phenoxy) is 3. The van der Waals surface area contributed by atoms with E-state index in [0.29, 0.717) is 79.5 Å². The molecular weight excluding hydrogens is 729 g/mol. The molecule has 3 aromatic heterocycles. The predicted octanol–water partition coefficient (Wildman–Crippen LogP) is 3.80. The number of aliphatic hydroxyl groups is 1.